The number of benzene rings is 1. The highest BCUT2D eigenvalue weighted by Gasteiger charge is 2.20. The molecule has 0 aromatic heterocycles. The summed E-state index contributed by atoms with van der Waals surface area (Å²) in [5.74, 6) is 0.311. The third-order valence-corrected chi connectivity index (χ3v) is 5.75. The summed E-state index contributed by atoms with van der Waals surface area (Å²) >= 11 is 6.05. The second kappa shape index (κ2) is 7.49. The van der Waals surface area contributed by atoms with Crippen LogP contribution in [-0.4, -0.2) is 22.1 Å². The van der Waals surface area contributed by atoms with Crippen molar-refractivity contribution in [3.05, 3.63) is 34.4 Å². The van der Waals surface area contributed by atoms with E-state index in [2.05, 4.69) is 10.8 Å². The van der Waals surface area contributed by atoms with Crippen LogP contribution in [0.3, 0.4) is 0 Å². The molecule has 122 valence electrons. The molecule has 0 aliphatic heterocycles. The highest BCUT2D eigenvalue weighted by molar-refractivity contribution is 7.89. The number of allylic oxidation sites excluding steroid dienone is 1. The maximum absolute atomic E-state index is 12.4. The number of aryl methyl sites for hydroxylation is 1. The number of ether oxygens (including phenoxy) is 1. The van der Waals surface area contributed by atoms with Crippen molar-refractivity contribution >= 4 is 21.6 Å². The molecule has 0 radical (unpaired) electrons. The van der Waals surface area contributed by atoms with E-state index < -0.39 is 10.0 Å². The molecule has 1 aliphatic rings. The van der Waals surface area contributed by atoms with Gasteiger partial charge in [0.15, 0.2) is 0 Å². The first kappa shape index (κ1) is 17.3. The van der Waals surface area contributed by atoms with Gasteiger partial charge in [-0.1, -0.05) is 23.3 Å². The Morgan fingerprint density at radius 3 is 2.73 bits per heavy atom. The molecular formula is C16H22ClNO3S. The fourth-order valence-corrected chi connectivity index (χ4v) is 4.00. The third kappa shape index (κ3) is 4.24. The van der Waals surface area contributed by atoms with E-state index in [1.807, 2.05) is 6.92 Å². The van der Waals surface area contributed by atoms with Crippen LogP contribution < -0.4 is 9.46 Å². The standard InChI is InChI=1S/C16H22ClNO3S/c1-12-10-15(21-2)16(11-14(12)17)22(19,20)18-9-8-13-6-4-3-5-7-13/h6,10-11,18H,3-5,7-9H2,1-2H3. The normalized spacial score (nSPS) is 15.5. The zero-order chi connectivity index (χ0) is 16.2. The number of hydrogen-bond acceptors (Lipinski definition) is 3. The molecule has 0 fully saturated rings. The number of hydrogen-bond donors (Lipinski definition) is 1. The van der Waals surface area contributed by atoms with Gasteiger partial charge >= 0.3 is 0 Å². The van der Waals surface area contributed by atoms with Crippen LogP contribution in [0, 0.1) is 6.92 Å². The van der Waals surface area contributed by atoms with Crippen LogP contribution in [0.25, 0.3) is 0 Å². The summed E-state index contributed by atoms with van der Waals surface area (Å²) in [6.45, 7) is 2.20. The topological polar surface area (TPSA) is 55.4 Å². The van der Waals surface area contributed by atoms with E-state index in [-0.39, 0.29) is 4.90 Å². The minimum atomic E-state index is -3.63. The first-order valence-electron chi connectivity index (χ1n) is 7.46. The quantitative estimate of drug-likeness (QED) is 0.799. The molecule has 0 saturated heterocycles. The Bertz CT molecular complexity index is 668. The van der Waals surface area contributed by atoms with E-state index in [9.17, 15) is 8.42 Å². The molecule has 1 aromatic carbocycles. The molecule has 0 spiro atoms. The van der Waals surface area contributed by atoms with Gasteiger partial charge in [0.05, 0.1) is 7.11 Å². The van der Waals surface area contributed by atoms with Crippen molar-refractivity contribution in [3.63, 3.8) is 0 Å². The summed E-state index contributed by atoms with van der Waals surface area (Å²) < 4.78 is 32.7. The highest BCUT2D eigenvalue weighted by atomic mass is 35.5. The molecule has 0 bridgehead atoms. The summed E-state index contributed by atoms with van der Waals surface area (Å²) in [5, 5.41) is 0.413. The Morgan fingerprint density at radius 1 is 1.32 bits per heavy atom. The molecule has 0 heterocycles. The van der Waals surface area contributed by atoms with Crippen LogP contribution in [0.2, 0.25) is 5.02 Å². The average Bonchev–Trinajstić information content (AvgIpc) is 2.50. The van der Waals surface area contributed by atoms with Crippen molar-refractivity contribution in [2.75, 3.05) is 13.7 Å². The number of nitrogens with one attached hydrogen (secondary N) is 1. The third-order valence-electron chi connectivity index (χ3n) is 3.86. The van der Waals surface area contributed by atoms with Crippen LogP contribution in [0.4, 0.5) is 0 Å². The van der Waals surface area contributed by atoms with Crippen molar-refractivity contribution < 1.29 is 13.2 Å². The Balaban J connectivity index is 2.09. The monoisotopic (exact) mass is 343 g/mol. The van der Waals surface area contributed by atoms with Gasteiger partial charge in [-0.05, 0) is 56.7 Å². The van der Waals surface area contributed by atoms with E-state index in [4.69, 9.17) is 16.3 Å². The molecule has 0 unspecified atom stereocenters. The van der Waals surface area contributed by atoms with Gasteiger partial charge in [0.1, 0.15) is 10.6 Å². The van der Waals surface area contributed by atoms with Crippen LogP contribution in [0.1, 0.15) is 37.7 Å². The van der Waals surface area contributed by atoms with E-state index in [1.165, 1.54) is 31.6 Å². The second-order valence-corrected chi connectivity index (χ2v) is 7.65. The lowest BCUT2D eigenvalue weighted by Gasteiger charge is -2.15. The largest absolute Gasteiger partial charge is 0.495 e. The second-order valence-electron chi connectivity index (χ2n) is 5.51. The van der Waals surface area contributed by atoms with Crippen molar-refractivity contribution in [1.29, 1.82) is 0 Å². The van der Waals surface area contributed by atoms with Gasteiger partial charge in [0.2, 0.25) is 10.0 Å². The SMILES string of the molecule is COc1cc(C)c(Cl)cc1S(=O)(=O)NCCC1=CCCCC1. The van der Waals surface area contributed by atoms with Crippen molar-refractivity contribution in [1.82, 2.24) is 4.72 Å². The molecule has 0 saturated carbocycles. The molecule has 1 aliphatic carbocycles. The van der Waals surface area contributed by atoms with Gasteiger partial charge in [-0.3, -0.25) is 0 Å². The smallest absolute Gasteiger partial charge is 0.244 e. The molecule has 6 heteroatoms. The first-order chi connectivity index (χ1) is 10.4. The highest BCUT2D eigenvalue weighted by Crippen LogP contribution is 2.30. The lowest BCUT2D eigenvalue weighted by molar-refractivity contribution is 0.402. The predicted octanol–water partition coefficient (Wildman–Crippen LogP) is 3.83. The number of sulfonamides is 1. The molecule has 2 rings (SSSR count). The van der Waals surface area contributed by atoms with E-state index in [0.29, 0.717) is 17.3 Å². The van der Waals surface area contributed by atoms with Crippen molar-refractivity contribution in [2.24, 2.45) is 0 Å². The molecule has 0 amide bonds. The minimum absolute atomic E-state index is 0.0863. The fraction of sp³-hybridized carbons (Fsp3) is 0.500. The molecule has 0 atom stereocenters. The van der Waals surface area contributed by atoms with Gasteiger partial charge in [-0.25, -0.2) is 13.1 Å². The summed E-state index contributed by atoms with van der Waals surface area (Å²) in [5.41, 5.74) is 2.12. The fourth-order valence-electron chi connectivity index (χ4n) is 2.56. The summed E-state index contributed by atoms with van der Waals surface area (Å²) in [7, 11) is -2.18. The van der Waals surface area contributed by atoms with Gasteiger partial charge in [0.25, 0.3) is 0 Å². The van der Waals surface area contributed by atoms with E-state index >= 15 is 0 Å². The zero-order valence-electron chi connectivity index (χ0n) is 13.0. The maximum Gasteiger partial charge on any atom is 0.244 e. The van der Waals surface area contributed by atoms with Crippen molar-refractivity contribution in [2.45, 2.75) is 43.9 Å². The van der Waals surface area contributed by atoms with Crippen molar-refractivity contribution in [3.8, 4) is 5.75 Å². The molecule has 22 heavy (non-hydrogen) atoms. The minimum Gasteiger partial charge on any atom is -0.495 e. The van der Waals surface area contributed by atoms with Crippen LogP contribution in [0.5, 0.6) is 5.75 Å². The van der Waals surface area contributed by atoms with Gasteiger partial charge in [-0.2, -0.15) is 0 Å². The van der Waals surface area contributed by atoms with Crippen LogP contribution in [0.15, 0.2) is 28.7 Å². The summed E-state index contributed by atoms with van der Waals surface area (Å²) in [6, 6.07) is 3.08. The first-order valence-corrected chi connectivity index (χ1v) is 9.32. The Labute approximate surface area is 137 Å². The molecule has 1 N–H and O–H groups in total. The maximum atomic E-state index is 12.4. The lowest BCUT2D eigenvalue weighted by Crippen LogP contribution is -2.25. The zero-order valence-corrected chi connectivity index (χ0v) is 14.6. The van der Waals surface area contributed by atoms with Gasteiger partial charge in [0, 0.05) is 11.6 Å². The Kier molecular flexibility index (Phi) is 5.89. The average molecular weight is 344 g/mol. The van der Waals surface area contributed by atoms with Gasteiger partial charge < -0.3 is 4.74 Å². The Hall–Kier alpha value is -1.04. The van der Waals surface area contributed by atoms with Crippen LogP contribution in [-0.2, 0) is 10.0 Å². The molecular weight excluding hydrogens is 322 g/mol. The summed E-state index contributed by atoms with van der Waals surface area (Å²) in [4.78, 5) is 0.0863. The lowest BCUT2D eigenvalue weighted by atomic mass is 9.97. The molecule has 4 nitrogen and oxygen atoms in total. The van der Waals surface area contributed by atoms with E-state index in [0.717, 1.165) is 24.8 Å². The van der Waals surface area contributed by atoms with E-state index in [1.54, 1.807) is 6.07 Å². The predicted molar refractivity (Wildman–Crippen MR) is 89.1 cm³/mol. The number of methoxy groups -OCH3 is 1. The Morgan fingerprint density at radius 2 is 2.09 bits per heavy atom. The van der Waals surface area contributed by atoms with Gasteiger partial charge in [-0.15, -0.1) is 0 Å². The summed E-state index contributed by atoms with van der Waals surface area (Å²) in [6.07, 6.45) is 7.57. The number of halogens is 1. The number of rotatable bonds is 6. The molecule has 1 aromatic rings. The van der Waals surface area contributed by atoms with Crippen LogP contribution >= 0.6 is 11.6 Å².